The Kier molecular flexibility index (Phi) is 3.76. The van der Waals surface area contributed by atoms with E-state index in [2.05, 4.69) is 18.0 Å². The van der Waals surface area contributed by atoms with Gasteiger partial charge in [0.15, 0.2) is 0 Å². The maximum atomic E-state index is 9.76. The van der Waals surface area contributed by atoms with Gasteiger partial charge in [-0.05, 0) is 62.4 Å². The molecule has 1 heterocycles. The van der Waals surface area contributed by atoms with Gasteiger partial charge in [-0.1, -0.05) is 6.07 Å². The van der Waals surface area contributed by atoms with Crippen LogP contribution in [0.5, 0.6) is 5.75 Å². The molecule has 3 heteroatoms. The first kappa shape index (κ1) is 12.9. The van der Waals surface area contributed by atoms with Gasteiger partial charge in [-0.2, -0.15) is 0 Å². The number of benzene rings is 1. The van der Waals surface area contributed by atoms with E-state index in [1.807, 2.05) is 12.1 Å². The van der Waals surface area contributed by atoms with Crippen molar-refractivity contribution in [3.8, 4) is 5.75 Å². The highest BCUT2D eigenvalue weighted by Gasteiger charge is 2.29. The molecule has 0 bridgehead atoms. The van der Waals surface area contributed by atoms with Crippen molar-refractivity contribution >= 4 is 0 Å². The normalized spacial score (nSPS) is 24.4. The van der Waals surface area contributed by atoms with Gasteiger partial charge in [-0.15, -0.1) is 0 Å². The largest absolute Gasteiger partial charge is 0.508 e. The lowest BCUT2D eigenvalue weighted by Gasteiger charge is -2.40. The second-order valence-corrected chi connectivity index (χ2v) is 5.80. The van der Waals surface area contributed by atoms with Crippen molar-refractivity contribution in [2.45, 2.75) is 44.2 Å². The zero-order chi connectivity index (χ0) is 13.2. The number of fused-ring (bicyclic) bond motifs is 1. The van der Waals surface area contributed by atoms with Gasteiger partial charge in [0, 0.05) is 25.3 Å². The molecule has 0 spiro atoms. The standard InChI is InChI=1S/C16H23NO2/c1-17(13-7-9-19-10-8-13)16-4-2-3-12-5-6-14(18)11-15(12)16/h5-6,11,13,16,18H,2-4,7-10H2,1H3. The number of aromatic hydroxyl groups is 1. The fraction of sp³-hybridized carbons (Fsp3) is 0.625. The van der Waals surface area contributed by atoms with Crippen LogP contribution in [0, 0.1) is 0 Å². The summed E-state index contributed by atoms with van der Waals surface area (Å²) in [5.74, 6) is 0.394. The van der Waals surface area contributed by atoms with Gasteiger partial charge < -0.3 is 9.84 Å². The molecule has 1 fully saturated rings. The molecule has 1 atom stereocenters. The highest BCUT2D eigenvalue weighted by Crippen LogP contribution is 2.37. The van der Waals surface area contributed by atoms with E-state index in [-0.39, 0.29) is 0 Å². The molecule has 3 rings (SSSR count). The Morgan fingerprint density at radius 2 is 2.00 bits per heavy atom. The Morgan fingerprint density at radius 3 is 2.79 bits per heavy atom. The Morgan fingerprint density at radius 1 is 1.21 bits per heavy atom. The summed E-state index contributed by atoms with van der Waals surface area (Å²) in [4.78, 5) is 2.51. The molecule has 1 unspecified atom stereocenters. The Labute approximate surface area is 115 Å². The van der Waals surface area contributed by atoms with E-state index in [1.165, 1.54) is 24.0 Å². The van der Waals surface area contributed by atoms with Crippen molar-refractivity contribution in [1.29, 1.82) is 0 Å². The minimum absolute atomic E-state index is 0.394. The first-order valence-electron chi connectivity index (χ1n) is 7.37. The summed E-state index contributed by atoms with van der Waals surface area (Å²) in [6.45, 7) is 1.77. The third-order valence-corrected chi connectivity index (χ3v) is 4.67. The van der Waals surface area contributed by atoms with E-state index in [1.54, 1.807) is 0 Å². The lowest BCUT2D eigenvalue weighted by atomic mass is 9.85. The van der Waals surface area contributed by atoms with Crippen LogP contribution in [0.15, 0.2) is 18.2 Å². The molecular formula is C16H23NO2. The molecular weight excluding hydrogens is 238 g/mol. The summed E-state index contributed by atoms with van der Waals surface area (Å²) < 4.78 is 5.46. The summed E-state index contributed by atoms with van der Waals surface area (Å²) in [6, 6.07) is 6.95. The Bertz CT molecular complexity index is 440. The fourth-order valence-corrected chi connectivity index (χ4v) is 3.53. The minimum atomic E-state index is 0.394. The van der Waals surface area contributed by atoms with E-state index >= 15 is 0 Å². The second-order valence-electron chi connectivity index (χ2n) is 5.80. The van der Waals surface area contributed by atoms with Gasteiger partial charge in [0.2, 0.25) is 0 Å². The molecule has 1 aromatic carbocycles. The van der Waals surface area contributed by atoms with Gasteiger partial charge in [-0.3, -0.25) is 4.90 Å². The number of rotatable bonds is 2. The summed E-state index contributed by atoms with van der Waals surface area (Å²) in [6.07, 6.45) is 5.84. The number of aryl methyl sites for hydroxylation is 1. The Balaban J connectivity index is 1.83. The van der Waals surface area contributed by atoms with Gasteiger partial charge in [0.25, 0.3) is 0 Å². The lowest BCUT2D eigenvalue weighted by molar-refractivity contribution is 0.0252. The zero-order valence-corrected chi connectivity index (χ0v) is 11.6. The number of phenols is 1. The van der Waals surface area contributed by atoms with E-state index in [9.17, 15) is 5.11 Å². The van der Waals surface area contributed by atoms with Crippen molar-refractivity contribution in [1.82, 2.24) is 4.90 Å². The second kappa shape index (κ2) is 5.51. The number of phenolic OH excluding ortho intramolecular Hbond substituents is 1. The van der Waals surface area contributed by atoms with Gasteiger partial charge in [-0.25, -0.2) is 0 Å². The van der Waals surface area contributed by atoms with Crippen LogP contribution in [0.2, 0.25) is 0 Å². The maximum Gasteiger partial charge on any atom is 0.115 e. The summed E-state index contributed by atoms with van der Waals surface area (Å²) >= 11 is 0. The smallest absolute Gasteiger partial charge is 0.115 e. The molecule has 1 aromatic rings. The first-order chi connectivity index (χ1) is 9.25. The molecule has 1 aliphatic carbocycles. The molecule has 19 heavy (non-hydrogen) atoms. The van der Waals surface area contributed by atoms with Crippen LogP contribution in [0.4, 0.5) is 0 Å². The van der Waals surface area contributed by atoms with Crippen LogP contribution < -0.4 is 0 Å². The van der Waals surface area contributed by atoms with E-state index in [4.69, 9.17) is 4.74 Å². The molecule has 0 aromatic heterocycles. The molecule has 0 amide bonds. The van der Waals surface area contributed by atoms with Crippen LogP contribution in [0.25, 0.3) is 0 Å². The maximum absolute atomic E-state index is 9.76. The highest BCUT2D eigenvalue weighted by molar-refractivity contribution is 5.38. The third-order valence-electron chi connectivity index (χ3n) is 4.67. The van der Waals surface area contributed by atoms with Crippen LogP contribution in [0.1, 0.15) is 42.9 Å². The van der Waals surface area contributed by atoms with Crippen LogP contribution in [0.3, 0.4) is 0 Å². The van der Waals surface area contributed by atoms with Crippen LogP contribution >= 0.6 is 0 Å². The first-order valence-corrected chi connectivity index (χ1v) is 7.37. The number of hydrogen-bond acceptors (Lipinski definition) is 3. The number of ether oxygens (including phenoxy) is 1. The third kappa shape index (κ3) is 2.63. The molecule has 0 radical (unpaired) electrons. The zero-order valence-electron chi connectivity index (χ0n) is 11.6. The van der Waals surface area contributed by atoms with Crippen LogP contribution in [-0.2, 0) is 11.2 Å². The van der Waals surface area contributed by atoms with Crippen LogP contribution in [-0.4, -0.2) is 36.3 Å². The van der Waals surface area contributed by atoms with E-state index in [0.29, 0.717) is 17.8 Å². The van der Waals surface area contributed by atoms with Crippen molar-refractivity contribution < 1.29 is 9.84 Å². The number of hydrogen-bond donors (Lipinski definition) is 1. The molecule has 0 saturated carbocycles. The summed E-state index contributed by atoms with van der Waals surface area (Å²) in [5, 5.41) is 9.76. The van der Waals surface area contributed by atoms with Crippen molar-refractivity contribution in [2.24, 2.45) is 0 Å². The topological polar surface area (TPSA) is 32.7 Å². The summed E-state index contributed by atoms with van der Waals surface area (Å²) in [7, 11) is 2.24. The molecule has 3 nitrogen and oxygen atoms in total. The molecule has 1 N–H and O–H groups in total. The molecule has 2 aliphatic rings. The van der Waals surface area contributed by atoms with Crippen molar-refractivity contribution in [3.63, 3.8) is 0 Å². The van der Waals surface area contributed by atoms with Gasteiger partial charge in [0.05, 0.1) is 0 Å². The molecule has 1 saturated heterocycles. The number of nitrogens with zero attached hydrogens (tertiary/aromatic N) is 1. The van der Waals surface area contributed by atoms with Crippen molar-refractivity contribution in [3.05, 3.63) is 29.3 Å². The SMILES string of the molecule is CN(C1CCOCC1)C1CCCc2ccc(O)cc21. The predicted molar refractivity (Wildman–Crippen MR) is 75.4 cm³/mol. The minimum Gasteiger partial charge on any atom is -0.508 e. The van der Waals surface area contributed by atoms with Gasteiger partial charge in [0.1, 0.15) is 5.75 Å². The molecule has 1 aliphatic heterocycles. The summed E-state index contributed by atoms with van der Waals surface area (Å²) in [5.41, 5.74) is 2.74. The average molecular weight is 261 g/mol. The highest BCUT2D eigenvalue weighted by atomic mass is 16.5. The van der Waals surface area contributed by atoms with E-state index in [0.717, 1.165) is 32.5 Å². The predicted octanol–water partition coefficient (Wildman–Crippen LogP) is 2.88. The van der Waals surface area contributed by atoms with Gasteiger partial charge >= 0.3 is 0 Å². The average Bonchev–Trinajstić information content (AvgIpc) is 2.47. The Hall–Kier alpha value is -1.06. The monoisotopic (exact) mass is 261 g/mol. The fourth-order valence-electron chi connectivity index (χ4n) is 3.53. The van der Waals surface area contributed by atoms with E-state index < -0.39 is 0 Å². The van der Waals surface area contributed by atoms with Crippen molar-refractivity contribution in [2.75, 3.05) is 20.3 Å². The lowest BCUT2D eigenvalue weighted by Crippen LogP contribution is -2.40. The quantitative estimate of drug-likeness (QED) is 0.888. The molecule has 104 valence electrons.